The number of nitrogens with zero attached hydrogens (tertiary/aromatic N) is 3. The minimum absolute atomic E-state index is 0.0713. The summed E-state index contributed by atoms with van der Waals surface area (Å²) in [6.07, 6.45) is 5.00. The first-order chi connectivity index (χ1) is 10.0. The second-order valence-corrected chi connectivity index (χ2v) is 7.32. The highest BCUT2D eigenvalue weighted by Crippen LogP contribution is 2.37. The molecular weight excluding hydrogens is 282 g/mol. The van der Waals surface area contributed by atoms with E-state index in [1.54, 1.807) is 6.20 Å². The van der Waals surface area contributed by atoms with Gasteiger partial charge in [0.2, 0.25) is 0 Å². The van der Waals surface area contributed by atoms with Crippen LogP contribution in [0.3, 0.4) is 0 Å². The van der Waals surface area contributed by atoms with E-state index >= 15 is 0 Å². The molecule has 2 aromatic rings. The third-order valence-corrected chi connectivity index (χ3v) is 5.64. The molecule has 0 bridgehead atoms. The largest absolute Gasteiger partial charge is 0.333 e. The van der Waals surface area contributed by atoms with Gasteiger partial charge in [-0.15, -0.1) is 0 Å². The van der Waals surface area contributed by atoms with Crippen LogP contribution < -0.4 is 0 Å². The summed E-state index contributed by atoms with van der Waals surface area (Å²) in [7, 11) is 0. The topological polar surface area (TPSA) is 46.1 Å². The standard InChI is InChI=1S/C16H21N3OS/c1-4-16(2,3)12-8-6-10-19(12)15(20)14-18-11-7-5-9-17-13(11)21-14/h5,7,9,12H,4,6,8,10H2,1-3H3/t12-/m1/s1. The molecule has 5 heteroatoms. The van der Waals surface area contributed by atoms with Gasteiger partial charge >= 0.3 is 0 Å². The first-order valence-corrected chi connectivity index (χ1v) is 8.37. The van der Waals surface area contributed by atoms with Crippen molar-refractivity contribution in [2.75, 3.05) is 6.54 Å². The maximum atomic E-state index is 12.8. The van der Waals surface area contributed by atoms with Gasteiger partial charge in [0.1, 0.15) is 10.3 Å². The van der Waals surface area contributed by atoms with Gasteiger partial charge in [-0.05, 0) is 36.8 Å². The normalized spacial score (nSPS) is 19.4. The number of fused-ring (bicyclic) bond motifs is 1. The van der Waals surface area contributed by atoms with Gasteiger partial charge in [0.25, 0.3) is 5.91 Å². The summed E-state index contributed by atoms with van der Waals surface area (Å²) >= 11 is 1.40. The summed E-state index contributed by atoms with van der Waals surface area (Å²) in [5.74, 6) is 0.0713. The van der Waals surface area contributed by atoms with Gasteiger partial charge in [-0.3, -0.25) is 4.79 Å². The smallest absolute Gasteiger partial charge is 0.283 e. The van der Waals surface area contributed by atoms with Crippen molar-refractivity contribution in [3.8, 4) is 0 Å². The number of aromatic nitrogens is 2. The molecule has 3 heterocycles. The van der Waals surface area contributed by atoms with E-state index in [4.69, 9.17) is 0 Å². The molecule has 2 aromatic heterocycles. The number of amides is 1. The van der Waals surface area contributed by atoms with Gasteiger partial charge in [-0.25, -0.2) is 9.97 Å². The number of thiazole rings is 1. The molecule has 112 valence electrons. The Labute approximate surface area is 129 Å². The highest BCUT2D eigenvalue weighted by atomic mass is 32.1. The van der Waals surface area contributed by atoms with Crippen LogP contribution in [-0.2, 0) is 0 Å². The molecule has 1 atom stereocenters. The van der Waals surface area contributed by atoms with Crippen molar-refractivity contribution >= 4 is 27.6 Å². The fraction of sp³-hybridized carbons (Fsp3) is 0.562. The molecular formula is C16H21N3OS. The van der Waals surface area contributed by atoms with Crippen molar-refractivity contribution < 1.29 is 4.79 Å². The van der Waals surface area contributed by atoms with Gasteiger partial charge in [-0.2, -0.15) is 0 Å². The second-order valence-electron chi connectivity index (χ2n) is 6.35. The van der Waals surface area contributed by atoms with E-state index in [1.165, 1.54) is 11.3 Å². The Morgan fingerprint density at radius 1 is 1.52 bits per heavy atom. The maximum Gasteiger partial charge on any atom is 0.283 e. The fourth-order valence-electron chi connectivity index (χ4n) is 3.04. The number of carbonyl (C=O) groups excluding carboxylic acids is 1. The Morgan fingerprint density at radius 2 is 2.33 bits per heavy atom. The zero-order valence-corrected chi connectivity index (χ0v) is 13.6. The van der Waals surface area contributed by atoms with Crippen molar-refractivity contribution in [3.05, 3.63) is 23.3 Å². The average molecular weight is 303 g/mol. The minimum Gasteiger partial charge on any atom is -0.333 e. The van der Waals surface area contributed by atoms with Crippen LogP contribution in [0.2, 0.25) is 0 Å². The van der Waals surface area contributed by atoms with E-state index in [0.717, 1.165) is 36.2 Å². The molecule has 21 heavy (non-hydrogen) atoms. The lowest BCUT2D eigenvalue weighted by atomic mass is 9.80. The fourth-order valence-corrected chi connectivity index (χ4v) is 3.91. The Morgan fingerprint density at radius 3 is 3.05 bits per heavy atom. The molecule has 0 unspecified atom stereocenters. The quantitative estimate of drug-likeness (QED) is 0.868. The van der Waals surface area contributed by atoms with Gasteiger partial charge in [0.15, 0.2) is 5.01 Å². The highest BCUT2D eigenvalue weighted by Gasteiger charge is 2.39. The predicted molar refractivity (Wildman–Crippen MR) is 85.5 cm³/mol. The molecule has 3 rings (SSSR count). The van der Waals surface area contributed by atoms with Gasteiger partial charge in [0.05, 0.1) is 0 Å². The van der Waals surface area contributed by atoms with E-state index in [9.17, 15) is 4.79 Å². The molecule has 1 fully saturated rings. The molecule has 0 spiro atoms. The lowest BCUT2D eigenvalue weighted by molar-refractivity contribution is 0.0595. The molecule has 0 saturated carbocycles. The van der Waals surface area contributed by atoms with Crippen molar-refractivity contribution in [2.24, 2.45) is 5.41 Å². The van der Waals surface area contributed by atoms with Crippen LogP contribution in [-0.4, -0.2) is 33.4 Å². The molecule has 1 saturated heterocycles. The van der Waals surface area contributed by atoms with Crippen molar-refractivity contribution in [1.82, 2.24) is 14.9 Å². The van der Waals surface area contributed by atoms with Crippen LogP contribution in [0.5, 0.6) is 0 Å². The molecule has 0 aliphatic carbocycles. The predicted octanol–water partition coefficient (Wildman–Crippen LogP) is 3.73. The summed E-state index contributed by atoms with van der Waals surface area (Å²) < 4.78 is 0. The number of hydrogen-bond donors (Lipinski definition) is 0. The third-order valence-electron chi connectivity index (χ3n) is 4.68. The Kier molecular flexibility index (Phi) is 3.69. The number of likely N-dealkylation sites (tertiary alicyclic amines) is 1. The lowest BCUT2D eigenvalue weighted by Crippen LogP contribution is -2.44. The molecule has 1 aliphatic heterocycles. The van der Waals surface area contributed by atoms with Crippen molar-refractivity contribution in [2.45, 2.75) is 46.1 Å². The molecule has 1 aliphatic rings. The number of pyridine rings is 1. The first-order valence-electron chi connectivity index (χ1n) is 7.55. The van der Waals surface area contributed by atoms with Crippen LogP contribution in [0.25, 0.3) is 10.3 Å². The Bertz CT molecular complexity index is 631. The number of rotatable bonds is 3. The van der Waals surface area contributed by atoms with Crippen LogP contribution in [0.1, 0.15) is 49.8 Å². The van der Waals surface area contributed by atoms with Crippen LogP contribution in [0.4, 0.5) is 0 Å². The van der Waals surface area contributed by atoms with Crippen molar-refractivity contribution in [3.63, 3.8) is 0 Å². The van der Waals surface area contributed by atoms with Crippen LogP contribution >= 0.6 is 11.3 Å². The summed E-state index contributed by atoms with van der Waals surface area (Å²) in [6.45, 7) is 7.55. The lowest BCUT2D eigenvalue weighted by Gasteiger charge is -2.36. The number of carbonyl (C=O) groups is 1. The molecule has 1 amide bonds. The van der Waals surface area contributed by atoms with Crippen molar-refractivity contribution in [1.29, 1.82) is 0 Å². The van der Waals surface area contributed by atoms with Crippen LogP contribution in [0.15, 0.2) is 18.3 Å². The van der Waals surface area contributed by atoms with E-state index in [0.29, 0.717) is 11.0 Å². The van der Waals surface area contributed by atoms with E-state index in [2.05, 4.69) is 30.7 Å². The molecule has 0 aromatic carbocycles. The summed E-state index contributed by atoms with van der Waals surface area (Å²) in [5, 5.41) is 0.572. The third kappa shape index (κ3) is 2.55. The van der Waals surface area contributed by atoms with E-state index in [-0.39, 0.29) is 11.3 Å². The Hall–Kier alpha value is -1.49. The van der Waals surface area contributed by atoms with Gasteiger partial charge < -0.3 is 4.90 Å². The summed E-state index contributed by atoms with van der Waals surface area (Å²) in [6, 6.07) is 4.08. The van der Waals surface area contributed by atoms with Gasteiger partial charge in [0, 0.05) is 18.8 Å². The number of hydrogen-bond acceptors (Lipinski definition) is 4. The monoisotopic (exact) mass is 303 g/mol. The van der Waals surface area contributed by atoms with Gasteiger partial charge in [-0.1, -0.05) is 32.1 Å². The second kappa shape index (κ2) is 5.37. The summed E-state index contributed by atoms with van der Waals surface area (Å²) in [5.41, 5.74) is 0.970. The zero-order valence-electron chi connectivity index (χ0n) is 12.8. The van der Waals surface area contributed by atoms with E-state index in [1.807, 2.05) is 17.0 Å². The molecule has 0 radical (unpaired) electrons. The summed E-state index contributed by atoms with van der Waals surface area (Å²) in [4.78, 5) is 24.4. The molecule has 0 N–H and O–H groups in total. The highest BCUT2D eigenvalue weighted by molar-refractivity contribution is 7.19. The SMILES string of the molecule is CCC(C)(C)[C@H]1CCCN1C(=O)c1nc2cccnc2s1. The average Bonchev–Trinajstić information content (AvgIpc) is 3.13. The first kappa shape index (κ1) is 14.4. The maximum absolute atomic E-state index is 12.8. The Balaban J connectivity index is 1.90. The van der Waals surface area contributed by atoms with E-state index < -0.39 is 0 Å². The minimum atomic E-state index is 0.0713. The molecule has 4 nitrogen and oxygen atoms in total. The zero-order chi connectivity index (χ0) is 15.0. The van der Waals surface area contributed by atoms with Crippen LogP contribution in [0, 0.1) is 5.41 Å².